The van der Waals surface area contributed by atoms with Crippen LogP contribution in [-0.2, 0) is 13.2 Å². The molecule has 3 heterocycles. The van der Waals surface area contributed by atoms with Gasteiger partial charge in [-0.15, -0.1) is 0 Å². The minimum absolute atomic E-state index is 0.143. The molecule has 1 unspecified atom stereocenters. The number of ether oxygens (including phenoxy) is 1. The van der Waals surface area contributed by atoms with Crippen LogP contribution in [0.2, 0.25) is 10.0 Å². The summed E-state index contributed by atoms with van der Waals surface area (Å²) in [4.78, 5) is 9.00. The number of nitrogens with zero attached hydrogens (tertiary/aromatic N) is 3. The summed E-state index contributed by atoms with van der Waals surface area (Å²) in [5.74, 6) is 1.33. The molecular weight excluding hydrogens is 409 g/mol. The molecule has 4 rings (SSSR count). The lowest BCUT2D eigenvalue weighted by molar-refractivity contribution is 0.277. The largest absolute Gasteiger partial charge is 0.469 e. The molecule has 2 aromatic heterocycles. The van der Waals surface area contributed by atoms with Crippen LogP contribution in [0.3, 0.4) is 0 Å². The van der Waals surface area contributed by atoms with Crippen LogP contribution in [0, 0.1) is 0 Å². The smallest absolute Gasteiger partial charge is 0.213 e. The summed E-state index contributed by atoms with van der Waals surface area (Å²) in [6, 6.07) is 11.3. The minimum Gasteiger partial charge on any atom is -0.469 e. The Kier molecular flexibility index (Phi) is 6.35. The second-order valence-corrected chi connectivity index (χ2v) is 8.04. The zero-order valence-corrected chi connectivity index (χ0v) is 17.4. The van der Waals surface area contributed by atoms with E-state index in [1.807, 2.05) is 41.1 Å². The van der Waals surface area contributed by atoms with Gasteiger partial charge in [0.05, 0.1) is 11.7 Å². The van der Waals surface area contributed by atoms with Crippen molar-refractivity contribution in [1.29, 1.82) is 0 Å². The van der Waals surface area contributed by atoms with Crippen molar-refractivity contribution in [3.05, 3.63) is 75.9 Å². The van der Waals surface area contributed by atoms with Crippen molar-refractivity contribution >= 4 is 23.2 Å². The second-order valence-electron chi connectivity index (χ2n) is 7.17. The van der Waals surface area contributed by atoms with Crippen LogP contribution < -0.4 is 15.8 Å². The van der Waals surface area contributed by atoms with Gasteiger partial charge in [0.2, 0.25) is 5.88 Å². The van der Waals surface area contributed by atoms with Crippen molar-refractivity contribution in [1.82, 2.24) is 19.9 Å². The Morgan fingerprint density at radius 2 is 2.07 bits per heavy atom. The molecule has 152 valence electrons. The molecule has 1 saturated heterocycles. The molecule has 6 nitrogen and oxygen atoms in total. The number of benzene rings is 1. The normalized spacial score (nSPS) is 17.4. The van der Waals surface area contributed by atoms with Gasteiger partial charge < -0.3 is 20.4 Å². The van der Waals surface area contributed by atoms with Crippen LogP contribution in [0.15, 0.2) is 48.8 Å². The highest BCUT2D eigenvalue weighted by atomic mass is 35.5. The third-order valence-electron chi connectivity index (χ3n) is 5.04. The number of hydrogen-bond donors (Lipinski definition) is 2. The standard InChI is InChI=1S/C21H23Cl2N5O/c22-15-9-14(10-16(23)11-15)12-28-8-7-26-19(28)13-29-20-5-1-3-18(27-20)21(24)17-4-2-6-25-17/h1,3,5,7-11,17,21,25H,2,4,6,12-13,24H2/t17-,21?/m0/s1. The number of rotatable bonds is 7. The first-order valence-corrected chi connectivity index (χ1v) is 10.4. The van der Waals surface area contributed by atoms with Crippen molar-refractivity contribution in [3.8, 4) is 5.88 Å². The number of nitrogens with one attached hydrogen (secondary N) is 1. The Hall–Kier alpha value is -2.12. The van der Waals surface area contributed by atoms with E-state index in [-0.39, 0.29) is 12.1 Å². The zero-order valence-electron chi connectivity index (χ0n) is 15.9. The SMILES string of the molecule is NC(c1cccc(OCc2nccn2Cc2cc(Cl)cc(Cl)c2)n1)[C@@H]1CCCN1. The van der Waals surface area contributed by atoms with Crippen molar-refractivity contribution in [2.75, 3.05) is 6.54 Å². The summed E-state index contributed by atoms with van der Waals surface area (Å²) in [6.45, 7) is 1.91. The van der Waals surface area contributed by atoms with Crippen molar-refractivity contribution in [2.24, 2.45) is 5.73 Å². The van der Waals surface area contributed by atoms with E-state index in [2.05, 4.69) is 15.3 Å². The maximum absolute atomic E-state index is 6.38. The van der Waals surface area contributed by atoms with E-state index in [0.717, 1.165) is 36.5 Å². The van der Waals surface area contributed by atoms with Crippen molar-refractivity contribution in [2.45, 2.75) is 38.1 Å². The molecule has 1 aliphatic rings. The molecule has 0 spiro atoms. The lowest BCUT2D eigenvalue weighted by atomic mass is 10.0. The van der Waals surface area contributed by atoms with E-state index in [1.165, 1.54) is 0 Å². The topological polar surface area (TPSA) is 78.0 Å². The maximum Gasteiger partial charge on any atom is 0.213 e. The summed E-state index contributed by atoms with van der Waals surface area (Å²) in [6.07, 6.45) is 5.86. The molecule has 0 amide bonds. The van der Waals surface area contributed by atoms with Gasteiger partial charge in [-0.1, -0.05) is 29.3 Å². The van der Waals surface area contributed by atoms with Gasteiger partial charge in [0.25, 0.3) is 0 Å². The highest BCUT2D eigenvalue weighted by Gasteiger charge is 2.23. The molecule has 8 heteroatoms. The van der Waals surface area contributed by atoms with E-state index in [4.69, 9.17) is 33.7 Å². The molecule has 0 aliphatic carbocycles. The highest BCUT2D eigenvalue weighted by molar-refractivity contribution is 6.34. The average Bonchev–Trinajstić information content (AvgIpc) is 3.37. The monoisotopic (exact) mass is 431 g/mol. The number of imidazole rings is 1. The van der Waals surface area contributed by atoms with E-state index >= 15 is 0 Å². The molecule has 1 aromatic carbocycles. The molecule has 0 saturated carbocycles. The summed E-state index contributed by atoms with van der Waals surface area (Å²) < 4.78 is 7.91. The van der Waals surface area contributed by atoms with Crippen LogP contribution in [0.4, 0.5) is 0 Å². The first-order valence-electron chi connectivity index (χ1n) is 9.62. The van der Waals surface area contributed by atoms with Crippen molar-refractivity contribution in [3.63, 3.8) is 0 Å². The van der Waals surface area contributed by atoms with Gasteiger partial charge in [0.1, 0.15) is 12.4 Å². The van der Waals surface area contributed by atoms with Gasteiger partial charge in [0, 0.05) is 41.1 Å². The van der Waals surface area contributed by atoms with Gasteiger partial charge in [-0.3, -0.25) is 0 Å². The molecule has 2 atom stereocenters. The third kappa shape index (κ3) is 5.08. The fourth-order valence-electron chi connectivity index (χ4n) is 3.58. The summed E-state index contributed by atoms with van der Waals surface area (Å²) in [5.41, 5.74) is 8.21. The lowest BCUT2D eigenvalue weighted by Crippen LogP contribution is -2.34. The fraction of sp³-hybridized carbons (Fsp3) is 0.333. The average molecular weight is 432 g/mol. The van der Waals surface area contributed by atoms with E-state index < -0.39 is 0 Å². The molecule has 1 aliphatic heterocycles. The fourth-order valence-corrected chi connectivity index (χ4v) is 4.15. The highest BCUT2D eigenvalue weighted by Crippen LogP contribution is 2.22. The predicted octanol–water partition coefficient (Wildman–Crippen LogP) is 3.96. The van der Waals surface area contributed by atoms with Gasteiger partial charge >= 0.3 is 0 Å². The third-order valence-corrected chi connectivity index (χ3v) is 5.48. The second kappa shape index (κ2) is 9.13. The van der Waals surface area contributed by atoms with Gasteiger partial charge in [0.15, 0.2) is 0 Å². The predicted molar refractivity (Wildman–Crippen MR) is 114 cm³/mol. The first kappa shape index (κ1) is 20.2. The Morgan fingerprint density at radius 3 is 2.83 bits per heavy atom. The Morgan fingerprint density at radius 1 is 1.24 bits per heavy atom. The molecule has 29 heavy (non-hydrogen) atoms. The van der Waals surface area contributed by atoms with Gasteiger partial charge in [-0.25, -0.2) is 9.97 Å². The molecular formula is C21H23Cl2N5O. The van der Waals surface area contributed by atoms with Crippen LogP contribution >= 0.6 is 23.2 Å². The lowest BCUT2D eigenvalue weighted by Gasteiger charge is -2.19. The van der Waals surface area contributed by atoms with Crippen LogP contribution in [0.25, 0.3) is 0 Å². The molecule has 0 bridgehead atoms. The summed E-state index contributed by atoms with van der Waals surface area (Å²) >= 11 is 12.2. The summed E-state index contributed by atoms with van der Waals surface area (Å²) in [5, 5.41) is 4.65. The number of pyridine rings is 1. The Labute approximate surface area is 180 Å². The molecule has 3 aromatic rings. The quantitative estimate of drug-likeness (QED) is 0.591. The molecule has 3 N–H and O–H groups in total. The van der Waals surface area contributed by atoms with Crippen LogP contribution in [0.5, 0.6) is 5.88 Å². The maximum atomic E-state index is 6.38. The van der Waals surface area contributed by atoms with E-state index in [1.54, 1.807) is 12.3 Å². The number of halogens is 2. The number of aromatic nitrogens is 3. The molecule has 0 radical (unpaired) electrons. The van der Waals surface area contributed by atoms with Crippen molar-refractivity contribution < 1.29 is 4.74 Å². The van der Waals surface area contributed by atoms with Gasteiger partial charge in [-0.2, -0.15) is 0 Å². The first-order chi connectivity index (χ1) is 14.1. The van der Waals surface area contributed by atoms with E-state index in [0.29, 0.717) is 29.1 Å². The number of hydrogen-bond acceptors (Lipinski definition) is 5. The van der Waals surface area contributed by atoms with Crippen LogP contribution in [-0.4, -0.2) is 27.1 Å². The summed E-state index contributed by atoms with van der Waals surface area (Å²) in [7, 11) is 0. The van der Waals surface area contributed by atoms with Gasteiger partial charge in [-0.05, 0) is 49.2 Å². The molecule has 1 fully saturated rings. The van der Waals surface area contributed by atoms with E-state index in [9.17, 15) is 0 Å². The minimum atomic E-state index is -0.143. The zero-order chi connectivity index (χ0) is 20.2. The Balaban J connectivity index is 1.42. The Bertz CT molecular complexity index is 951. The van der Waals surface area contributed by atoms with Crippen LogP contribution in [0.1, 0.15) is 36.0 Å². The number of nitrogens with two attached hydrogens (primary N) is 1.